The molecule has 0 atom stereocenters. The summed E-state index contributed by atoms with van der Waals surface area (Å²) in [5.41, 5.74) is 0.316. The standard InChI is InChI=1S/C16H22FNO3/c1-20-11-12-5-7-18(8-6-12)10-15(19)14-9-13(17)3-4-16(14)21-2/h3-4,9,12H,5-8,10-11H2,1-2H3. The molecule has 0 saturated carbocycles. The van der Waals surface area contributed by atoms with Crippen LogP contribution in [0, 0.1) is 11.7 Å². The smallest absolute Gasteiger partial charge is 0.180 e. The lowest BCUT2D eigenvalue weighted by Crippen LogP contribution is -2.38. The van der Waals surface area contributed by atoms with E-state index in [2.05, 4.69) is 4.90 Å². The third kappa shape index (κ3) is 4.25. The molecule has 1 heterocycles. The van der Waals surface area contributed by atoms with Crippen molar-refractivity contribution in [2.75, 3.05) is 40.5 Å². The van der Waals surface area contributed by atoms with E-state index in [1.165, 1.54) is 25.3 Å². The molecule has 1 saturated heterocycles. The highest BCUT2D eigenvalue weighted by molar-refractivity contribution is 6.00. The van der Waals surface area contributed by atoms with Crippen molar-refractivity contribution < 1.29 is 18.7 Å². The topological polar surface area (TPSA) is 38.8 Å². The summed E-state index contributed by atoms with van der Waals surface area (Å²) in [6.07, 6.45) is 2.06. The molecule has 21 heavy (non-hydrogen) atoms. The number of hydrogen-bond donors (Lipinski definition) is 0. The van der Waals surface area contributed by atoms with Gasteiger partial charge in [0.15, 0.2) is 5.78 Å². The molecule has 5 heteroatoms. The van der Waals surface area contributed by atoms with E-state index in [1.807, 2.05) is 0 Å². The predicted octanol–water partition coefficient (Wildman–Crippen LogP) is 2.38. The Labute approximate surface area is 124 Å². The van der Waals surface area contributed by atoms with Gasteiger partial charge in [0.05, 0.1) is 19.2 Å². The number of carbonyl (C=O) groups excluding carboxylic acids is 1. The van der Waals surface area contributed by atoms with E-state index in [4.69, 9.17) is 9.47 Å². The van der Waals surface area contributed by atoms with Crippen LogP contribution in [0.3, 0.4) is 0 Å². The van der Waals surface area contributed by atoms with Crippen molar-refractivity contribution in [2.45, 2.75) is 12.8 Å². The normalized spacial score (nSPS) is 16.9. The first-order valence-electron chi connectivity index (χ1n) is 7.22. The van der Waals surface area contributed by atoms with Gasteiger partial charge in [-0.05, 0) is 50.0 Å². The molecular weight excluding hydrogens is 273 g/mol. The Morgan fingerprint density at radius 2 is 2.05 bits per heavy atom. The lowest BCUT2D eigenvalue weighted by atomic mass is 9.97. The van der Waals surface area contributed by atoms with Gasteiger partial charge in [-0.25, -0.2) is 4.39 Å². The van der Waals surface area contributed by atoms with Gasteiger partial charge in [0.25, 0.3) is 0 Å². The summed E-state index contributed by atoms with van der Waals surface area (Å²) in [6, 6.07) is 4.04. The lowest BCUT2D eigenvalue weighted by Gasteiger charge is -2.31. The molecule has 1 fully saturated rings. The number of ether oxygens (including phenoxy) is 2. The molecule has 1 aromatic rings. The third-order valence-electron chi connectivity index (χ3n) is 3.94. The molecule has 1 aromatic carbocycles. The van der Waals surface area contributed by atoms with Gasteiger partial charge < -0.3 is 9.47 Å². The Bertz CT molecular complexity index is 484. The minimum Gasteiger partial charge on any atom is -0.496 e. The Kier molecular flexibility index (Phi) is 5.70. The first-order chi connectivity index (χ1) is 10.1. The molecule has 0 N–H and O–H groups in total. The molecule has 0 amide bonds. The van der Waals surface area contributed by atoms with Crippen LogP contribution in [0.5, 0.6) is 5.75 Å². The van der Waals surface area contributed by atoms with Gasteiger partial charge in [-0.3, -0.25) is 9.69 Å². The van der Waals surface area contributed by atoms with Gasteiger partial charge in [-0.15, -0.1) is 0 Å². The maximum absolute atomic E-state index is 13.3. The molecule has 1 aliphatic rings. The molecule has 0 spiro atoms. The second kappa shape index (κ2) is 7.52. The first-order valence-corrected chi connectivity index (χ1v) is 7.22. The van der Waals surface area contributed by atoms with Crippen molar-refractivity contribution in [3.63, 3.8) is 0 Å². The number of piperidine rings is 1. The third-order valence-corrected chi connectivity index (χ3v) is 3.94. The van der Waals surface area contributed by atoms with E-state index < -0.39 is 5.82 Å². The van der Waals surface area contributed by atoms with Crippen molar-refractivity contribution in [2.24, 2.45) is 5.92 Å². The summed E-state index contributed by atoms with van der Waals surface area (Å²) >= 11 is 0. The van der Waals surface area contributed by atoms with Crippen molar-refractivity contribution in [1.82, 2.24) is 4.90 Å². The van der Waals surface area contributed by atoms with Crippen LogP contribution in [0.1, 0.15) is 23.2 Å². The fourth-order valence-corrected chi connectivity index (χ4v) is 2.73. The van der Waals surface area contributed by atoms with Gasteiger partial charge in [-0.1, -0.05) is 0 Å². The van der Waals surface area contributed by atoms with Crippen LogP contribution in [0.15, 0.2) is 18.2 Å². The molecule has 116 valence electrons. The molecule has 2 rings (SSSR count). The lowest BCUT2D eigenvalue weighted by molar-refractivity contribution is 0.0807. The van der Waals surface area contributed by atoms with Crippen LogP contribution < -0.4 is 4.74 Å². The average molecular weight is 295 g/mol. The number of nitrogens with zero attached hydrogens (tertiary/aromatic N) is 1. The van der Waals surface area contributed by atoms with Crippen LogP contribution in [-0.4, -0.2) is 51.1 Å². The average Bonchev–Trinajstić information content (AvgIpc) is 2.49. The molecule has 0 aliphatic carbocycles. The fraction of sp³-hybridized carbons (Fsp3) is 0.562. The summed E-state index contributed by atoms with van der Waals surface area (Å²) in [6.45, 7) is 2.83. The first kappa shape index (κ1) is 15.9. The maximum atomic E-state index is 13.3. The molecule has 4 nitrogen and oxygen atoms in total. The number of Topliss-reactive ketones (excluding diaryl/α,β-unsaturated/α-hetero) is 1. The van der Waals surface area contributed by atoms with E-state index in [1.54, 1.807) is 7.11 Å². The predicted molar refractivity (Wildman–Crippen MR) is 78.3 cm³/mol. The number of halogens is 1. The SMILES string of the molecule is COCC1CCN(CC(=O)c2cc(F)ccc2OC)CC1. The number of ketones is 1. The summed E-state index contributed by atoms with van der Waals surface area (Å²) < 4.78 is 23.6. The minimum atomic E-state index is -0.419. The molecule has 0 unspecified atom stereocenters. The molecular formula is C16H22FNO3. The number of hydrogen-bond acceptors (Lipinski definition) is 4. The van der Waals surface area contributed by atoms with Crippen LogP contribution in [0.2, 0.25) is 0 Å². The van der Waals surface area contributed by atoms with Gasteiger partial charge in [0.1, 0.15) is 11.6 Å². The summed E-state index contributed by atoms with van der Waals surface area (Å²) in [5, 5.41) is 0. The zero-order valence-corrected chi connectivity index (χ0v) is 12.6. The highest BCUT2D eigenvalue weighted by atomic mass is 19.1. The van der Waals surface area contributed by atoms with E-state index in [-0.39, 0.29) is 5.78 Å². The highest BCUT2D eigenvalue weighted by Gasteiger charge is 2.22. The Morgan fingerprint density at radius 3 is 2.67 bits per heavy atom. The summed E-state index contributed by atoms with van der Waals surface area (Å²) in [4.78, 5) is 14.4. The second-order valence-electron chi connectivity index (χ2n) is 5.44. The van der Waals surface area contributed by atoms with E-state index in [0.29, 0.717) is 23.8 Å². The number of likely N-dealkylation sites (tertiary alicyclic amines) is 1. The fourth-order valence-electron chi connectivity index (χ4n) is 2.73. The number of carbonyl (C=O) groups is 1. The number of benzene rings is 1. The zero-order chi connectivity index (χ0) is 15.2. The maximum Gasteiger partial charge on any atom is 0.180 e. The van der Waals surface area contributed by atoms with Crippen molar-refractivity contribution in [3.05, 3.63) is 29.6 Å². The van der Waals surface area contributed by atoms with Crippen LogP contribution in [0.4, 0.5) is 4.39 Å². The Balaban J connectivity index is 1.95. The van der Waals surface area contributed by atoms with E-state index >= 15 is 0 Å². The van der Waals surface area contributed by atoms with Crippen molar-refractivity contribution in [1.29, 1.82) is 0 Å². The summed E-state index contributed by atoms with van der Waals surface area (Å²) in [7, 11) is 3.20. The second-order valence-corrected chi connectivity index (χ2v) is 5.44. The van der Waals surface area contributed by atoms with Gasteiger partial charge >= 0.3 is 0 Å². The Morgan fingerprint density at radius 1 is 1.33 bits per heavy atom. The molecule has 0 radical (unpaired) electrons. The quantitative estimate of drug-likeness (QED) is 0.755. The van der Waals surface area contributed by atoms with E-state index in [0.717, 1.165) is 32.5 Å². The minimum absolute atomic E-state index is 0.100. The molecule has 0 aromatic heterocycles. The van der Waals surface area contributed by atoms with E-state index in [9.17, 15) is 9.18 Å². The van der Waals surface area contributed by atoms with Gasteiger partial charge in [-0.2, -0.15) is 0 Å². The zero-order valence-electron chi connectivity index (χ0n) is 12.6. The van der Waals surface area contributed by atoms with Crippen LogP contribution in [-0.2, 0) is 4.74 Å². The van der Waals surface area contributed by atoms with Crippen molar-refractivity contribution in [3.8, 4) is 5.75 Å². The molecule has 0 bridgehead atoms. The highest BCUT2D eigenvalue weighted by Crippen LogP contribution is 2.22. The van der Waals surface area contributed by atoms with Gasteiger partial charge in [0, 0.05) is 13.7 Å². The van der Waals surface area contributed by atoms with Gasteiger partial charge in [0.2, 0.25) is 0 Å². The molecule has 1 aliphatic heterocycles. The van der Waals surface area contributed by atoms with Crippen LogP contribution >= 0.6 is 0 Å². The van der Waals surface area contributed by atoms with Crippen molar-refractivity contribution >= 4 is 5.78 Å². The largest absolute Gasteiger partial charge is 0.496 e. The number of rotatable bonds is 6. The van der Waals surface area contributed by atoms with Crippen LogP contribution in [0.25, 0.3) is 0 Å². The Hall–Kier alpha value is -1.46. The monoisotopic (exact) mass is 295 g/mol. The number of methoxy groups -OCH3 is 2. The summed E-state index contributed by atoms with van der Waals surface area (Å²) in [5.74, 6) is 0.482.